The third-order valence-corrected chi connectivity index (χ3v) is 5.07. The number of rotatable bonds is 5. The lowest BCUT2D eigenvalue weighted by Gasteiger charge is -2.26. The Morgan fingerprint density at radius 2 is 2.00 bits per heavy atom. The zero-order valence-electron chi connectivity index (χ0n) is 15.7. The van der Waals surface area contributed by atoms with Gasteiger partial charge in [-0.15, -0.1) is 0 Å². The molecule has 2 N–H and O–H groups in total. The van der Waals surface area contributed by atoms with Crippen molar-refractivity contribution in [3.63, 3.8) is 0 Å². The van der Waals surface area contributed by atoms with Gasteiger partial charge in [-0.1, -0.05) is 18.2 Å². The van der Waals surface area contributed by atoms with Crippen molar-refractivity contribution in [1.82, 2.24) is 19.9 Å². The highest BCUT2D eigenvalue weighted by atomic mass is 16.2. The second-order valence-corrected chi connectivity index (χ2v) is 7.11. The van der Waals surface area contributed by atoms with E-state index in [1.54, 1.807) is 6.07 Å². The first-order chi connectivity index (χ1) is 13.2. The van der Waals surface area contributed by atoms with Crippen LogP contribution in [0, 0.1) is 6.92 Å². The topological polar surface area (TPSA) is 73.9 Å². The molecule has 4 rings (SSSR count). The maximum absolute atomic E-state index is 12.7. The van der Waals surface area contributed by atoms with Crippen molar-refractivity contribution in [3.05, 3.63) is 53.5 Å². The third kappa shape index (κ3) is 3.94. The predicted octanol–water partition coefficient (Wildman–Crippen LogP) is 3.55. The van der Waals surface area contributed by atoms with E-state index in [1.807, 2.05) is 17.9 Å². The van der Waals surface area contributed by atoms with E-state index in [-0.39, 0.29) is 5.91 Å². The first-order valence-corrected chi connectivity index (χ1v) is 9.64. The average molecular weight is 363 g/mol. The Bertz CT molecular complexity index is 943. The Morgan fingerprint density at radius 1 is 1.19 bits per heavy atom. The summed E-state index contributed by atoms with van der Waals surface area (Å²) in [5.74, 6) is 0.537. The van der Waals surface area contributed by atoms with Crippen LogP contribution in [0.25, 0.3) is 10.9 Å². The van der Waals surface area contributed by atoms with E-state index in [4.69, 9.17) is 0 Å². The third-order valence-electron chi connectivity index (χ3n) is 5.07. The number of fused-ring (bicyclic) bond motifs is 1. The molecule has 1 aliphatic heterocycles. The Labute approximate surface area is 159 Å². The molecule has 140 valence electrons. The van der Waals surface area contributed by atoms with E-state index < -0.39 is 0 Å². The summed E-state index contributed by atoms with van der Waals surface area (Å²) in [6.45, 7) is 4.26. The van der Waals surface area contributed by atoms with Crippen LogP contribution in [0.3, 0.4) is 0 Å². The number of likely N-dealkylation sites (tertiary alicyclic amines) is 1. The summed E-state index contributed by atoms with van der Waals surface area (Å²) in [5.41, 5.74) is 3.70. The number of para-hydroxylation sites is 1. The summed E-state index contributed by atoms with van der Waals surface area (Å²) >= 11 is 0. The van der Waals surface area contributed by atoms with Gasteiger partial charge < -0.3 is 15.2 Å². The number of hydrogen-bond donors (Lipinski definition) is 2. The van der Waals surface area contributed by atoms with Crippen LogP contribution in [0.2, 0.25) is 0 Å². The Hall–Kier alpha value is -2.89. The van der Waals surface area contributed by atoms with Crippen LogP contribution < -0.4 is 5.32 Å². The predicted molar refractivity (Wildman–Crippen MR) is 107 cm³/mol. The molecule has 6 heteroatoms. The number of aromatic amines is 1. The molecule has 3 aromatic rings. The van der Waals surface area contributed by atoms with Gasteiger partial charge in [0, 0.05) is 42.4 Å². The van der Waals surface area contributed by atoms with Gasteiger partial charge in [0.1, 0.15) is 5.69 Å². The van der Waals surface area contributed by atoms with Crippen LogP contribution in [0.5, 0.6) is 0 Å². The number of aromatic nitrogens is 3. The SMILES string of the molecule is Cc1cc(C(=O)N2CCCCC2)nc(NCCc2c[nH]c3ccccc23)n1. The maximum atomic E-state index is 12.7. The van der Waals surface area contributed by atoms with Gasteiger partial charge in [0.15, 0.2) is 0 Å². The van der Waals surface area contributed by atoms with E-state index in [0.717, 1.165) is 43.6 Å². The maximum Gasteiger partial charge on any atom is 0.272 e. The van der Waals surface area contributed by atoms with Crippen molar-refractivity contribution < 1.29 is 4.79 Å². The van der Waals surface area contributed by atoms with E-state index >= 15 is 0 Å². The Morgan fingerprint density at radius 3 is 2.85 bits per heavy atom. The second kappa shape index (κ2) is 7.78. The molecule has 27 heavy (non-hydrogen) atoms. The molecule has 2 aromatic heterocycles. The number of carbonyl (C=O) groups excluding carboxylic acids is 1. The largest absolute Gasteiger partial charge is 0.361 e. The van der Waals surface area contributed by atoms with Gasteiger partial charge in [-0.3, -0.25) is 4.79 Å². The van der Waals surface area contributed by atoms with Gasteiger partial charge in [-0.2, -0.15) is 0 Å². The molecule has 3 heterocycles. The number of nitrogens with zero attached hydrogens (tertiary/aromatic N) is 3. The summed E-state index contributed by atoms with van der Waals surface area (Å²) < 4.78 is 0. The lowest BCUT2D eigenvalue weighted by atomic mass is 10.1. The summed E-state index contributed by atoms with van der Waals surface area (Å²) in [5, 5.41) is 4.52. The van der Waals surface area contributed by atoms with Crippen LogP contribution in [0.15, 0.2) is 36.5 Å². The zero-order chi connectivity index (χ0) is 18.6. The van der Waals surface area contributed by atoms with Crippen molar-refractivity contribution in [2.75, 3.05) is 25.0 Å². The summed E-state index contributed by atoms with van der Waals surface area (Å²) in [6.07, 6.45) is 6.26. The van der Waals surface area contributed by atoms with Gasteiger partial charge in [0.05, 0.1) is 0 Å². The first kappa shape index (κ1) is 17.5. The molecule has 0 aliphatic carbocycles. The van der Waals surface area contributed by atoms with Crippen molar-refractivity contribution >= 4 is 22.8 Å². The summed E-state index contributed by atoms with van der Waals surface area (Å²) in [4.78, 5) is 26.8. The van der Waals surface area contributed by atoms with Crippen LogP contribution in [-0.2, 0) is 6.42 Å². The van der Waals surface area contributed by atoms with Gasteiger partial charge in [0.25, 0.3) is 5.91 Å². The number of H-pyrrole nitrogens is 1. The zero-order valence-corrected chi connectivity index (χ0v) is 15.7. The monoisotopic (exact) mass is 363 g/mol. The molecule has 1 amide bonds. The number of carbonyl (C=O) groups is 1. The van der Waals surface area contributed by atoms with Gasteiger partial charge >= 0.3 is 0 Å². The van der Waals surface area contributed by atoms with Crippen molar-refractivity contribution in [3.8, 4) is 0 Å². The molecule has 0 saturated carbocycles. The van der Waals surface area contributed by atoms with E-state index in [0.29, 0.717) is 18.2 Å². The minimum Gasteiger partial charge on any atom is -0.361 e. The number of hydrogen-bond acceptors (Lipinski definition) is 4. The molecule has 1 aliphatic rings. The number of amides is 1. The number of anilines is 1. The smallest absolute Gasteiger partial charge is 0.272 e. The van der Waals surface area contributed by atoms with E-state index in [1.165, 1.54) is 17.4 Å². The van der Waals surface area contributed by atoms with Crippen molar-refractivity contribution in [2.24, 2.45) is 0 Å². The fourth-order valence-corrected chi connectivity index (χ4v) is 3.66. The minimum atomic E-state index is 0.0138. The quantitative estimate of drug-likeness (QED) is 0.727. The number of piperidine rings is 1. The van der Waals surface area contributed by atoms with Crippen molar-refractivity contribution in [1.29, 1.82) is 0 Å². The highest BCUT2D eigenvalue weighted by Crippen LogP contribution is 2.18. The van der Waals surface area contributed by atoms with Gasteiger partial charge in [0.2, 0.25) is 5.95 Å². The highest BCUT2D eigenvalue weighted by Gasteiger charge is 2.20. The number of aryl methyl sites for hydroxylation is 1. The average Bonchev–Trinajstić information content (AvgIpc) is 3.11. The van der Waals surface area contributed by atoms with Crippen LogP contribution >= 0.6 is 0 Å². The molecule has 1 fully saturated rings. The van der Waals surface area contributed by atoms with Crippen molar-refractivity contribution in [2.45, 2.75) is 32.6 Å². The molecule has 1 aromatic carbocycles. The van der Waals surface area contributed by atoms with Crippen LogP contribution in [0.4, 0.5) is 5.95 Å². The molecule has 0 atom stereocenters. The minimum absolute atomic E-state index is 0.0138. The Kier molecular flexibility index (Phi) is 5.05. The summed E-state index contributed by atoms with van der Waals surface area (Å²) in [7, 11) is 0. The second-order valence-electron chi connectivity index (χ2n) is 7.11. The highest BCUT2D eigenvalue weighted by molar-refractivity contribution is 5.92. The summed E-state index contributed by atoms with van der Waals surface area (Å²) in [6, 6.07) is 10.1. The number of nitrogens with one attached hydrogen (secondary N) is 2. The molecule has 0 radical (unpaired) electrons. The first-order valence-electron chi connectivity index (χ1n) is 9.64. The van der Waals surface area contributed by atoms with E-state index in [2.05, 4.69) is 44.7 Å². The molecular weight excluding hydrogens is 338 g/mol. The fourth-order valence-electron chi connectivity index (χ4n) is 3.66. The number of benzene rings is 1. The van der Waals surface area contributed by atoms with Gasteiger partial charge in [-0.25, -0.2) is 9.97 Å². The van der Waals surface area contributed by atoms with Gasteiger partial charge in [-0.05, 0) is 50.3 Å². The molecule has 0 spiro atoms. The van der Waals surface area contributed by atoms with E-state index in [9.17, 15) is 4.79 Å². The van der Waals surface area contributed by atoms with Crippen LogP contribution in [-0.4, -0.2) is 45.4 Å². The lowest BCUT2D eigenvalue weighted by Crippen LogP contribution is -2.36. The molecule has 6 nitrogen and oxygen atoms in total. The molecule has 1 saturated heterocycles. The lowest BCUT2D eigenvalue weighted by molar-refractivity contribution is 0.0718. The molecular formula is C21H25N5O. The molecule has 0 unspecified atom stereocenters. The fraction of sp³-hybridized carbons (Fsp3) is 0.381. The molecule has 0 bridgehead atoms. The normalized spacial score (nSPS) is 14.5. The van der Waals surface area contributed by atoms with Crippen LogP contribution in [0.1, 0.15) is 41.0 Å². The standard InChI is InChI=1S/C21H25N5O/c1-15-13-19(20(27)26-11-5-2-6-12-26)25-21(24-15)22-10-9-16-14-23-18-8-4-3-7-17(16)18/h3-4,7-8,13-14,23H,2,5-6,9-12H2,1H3,(H,22,24,25). The Balaban J connectivity index is 1.43.